The molecule has 0 aliphatic carbocycles. The average Bonchev–Trinajstić information content (AvgIpc) is 3.38. The van der Waals surface area contributed by atoms with Crippen LogP contribution in [0, 0.1) is 0 Å². The molecule has 0 saturated carbocycles. The third-order valence-electron chi connectivity index (χ3n) is 8.17. The number of hydrogen-bond acceptors (Lipinski definition) is 6. The summed E-state index contributed by atoms with van der Waals surface area (Å²) in [5, 5.41) is 3.62. The highest BCUT2D eigenvalue weighted by Gasteiger charge is 2.31. The number of fused-ring (bicyclic) bond motifs is 1. The molecule has 1 N–H and O–H groups in total. The molecule has 3 heterocycles. The topological polar surface area (TPSA) is 90.0 Å². The van der Waals surface area contributed by atoms with E-state index in [9.17, 15) is 18.0 Å². The van der Waals surface area contributed by atoms with Gasteiger partial charge in [0.2, 0.25) is 10.0 Å². The van der Waals surface area contributed by atoms with Crippen molar-refractivity contribution in [3.63, 3.8) is 0 Å². The zero-order valence-corrected chi connectivity index (χ0v) is 26.8. The number of piperidine rings is 1. The van der Waals surface area contributed by atoms with Gasteiger partial charge in [0.05, 0.1) is 10.5 Å². The quantitative estimate of drug-likeness (QED) is 0.284. The number of benzene rings is 2. The lowest BCUT2D eigenvalue weighted by Crippen LogP contribution is -2.35. The van der Waals surface area contributed by atoms with Crippen molar-refractivity contribution in [2.75, 3.05) is 38.0 Å². The molecule has 0 bridgehead atoms. The summed E-state index contributed by atoms with van der Waals surface area (Å²) < 4.78 is 27.7. The van der Waals surface area contributed by atoms with Crippen LogP contribution in [0.3, 0.4) is 0 Å². The van der Waals surface area contributed by atoms with E-state index >= 15 is 0 Å². The van der Waals surface area contributed by atoms with Crippen LogP contribution in [0.4, 0.5) is 5.00 Å². The van der Waals surface area contributed by atoms with E-state index < -0.39 is 10.0 Å². The van der Waals surface area contributed by atoms with Crippen LogP contribution < -0.4 is 5.32 Å². The molecular formula is C33H42N4O4S2. The highest BCUT2D eigenvalue weighted by molar-refractivity contribution is 7.89. The van der Waals surface area contributed by atoms with Crippen molar-refractivity contribution in [2.45, 2.75) is 70.4 Å². The van der Waals surface area contributed by atoms with E-state index in [-0.39, 0.29) is 16.7 Å². The molecule has 8 nitrogen and oxygen atoms in total. The van der Waals surface area contributed by atoms with Crippen LogP contribution in [0.15, 0.2) is 59.5 Å². The number of carbonyl (C=O) groups excluding carboxylic acids is 2. The highest BCUT2D eigenvalue weighted by Crippen LogP contribution is 2.39. The van der Waals surface area contributed by atoms with Crippen LogP contribution in [-0.2, 0) is 29.5 Å². The van der Waals surface area contributed by atoms with E-state index in [1.165, 1.54) is 33.3 Å². The van der Waals surface area contributed by atoms with Gasteiger partial charge in [0, 0.05) is 56.3 Å². The van der Waals surface area contributed by atoms with Crippen LogP contribution in [-0.4, -0.2) is 67.1 Å². The van der Waals surface area contributed by atoms with Gasteiger partial charge in [0.25, 0.3) is 11.8 Å². The van der Waals surface area contributed by atoms with Gasteiger partial charge in [-0.25, -0.2) is 8.42 Å². The molecule has 10 heteroatoms. The monoisotopic (exact) mass is 622 g/mol. The molecule has 2 aliphatic rings. The second-order valence-electron chi connectivity index (χ2n) is 11.4. The summed E-state index contributed by atoms with van der Waals surface area (Å²) in [6.07, 6.45) is 5.23. The second-order valence-corrected chi connectivity index (χ2v) is 14.4. The van der Waals surface area contributed by atoms with Gasteiger partial charge in [0.1, 0.15) is 5.00 Å². The van der Waals surface area contributed by atoms with E-state index in [0.29, 0.717) is 42.3 Å². The molecule has 0 spiro atoms. The molecule has 0 unspecified atom stereocenters. The molecule has 5 rings (SSSR count). The Labute approximate surface area is 259 Å². The van der Waals surface area contributed by atoms with Crippen molar-refractivity contribution >= 4 is 38.2 Å². The van der Waals surface area contributed by atoms with Crippen molar-refractivity contribution < 1.29 is 18.0 Å². The Morgan fingerprint density at radius 3 is 2.23 bits per heavy atom. The van der Waals surface area contributed by atoms with Crippen LogP contribution >= 0.6 is 11.3 Å². The molecule has 1 saturated heterocycles. The van der Waals surface area contributed by atoms with E-state index in [0.717, 1.165) is 68.6 Å². The Balaban J connectivity index is 1.39. The van der Waals surface area contributed by atoms with Gasteiger partial charge in [-0.3, -0.25) is 14.5 Å². The maximum atomic E-state index is 14.0. The van der Waals surface area contributed by atoms with Gasteiger partial charge < -0.3 is 10.2 Å². The normalized spacial score (nSPS) is 16.0. The summed E-state index contributed by atoms with van der Waals surface area (Å²) in [7, 11) is -3.58. The molecular weight excluding hydrogens is 581 g/mol. The smallest absolute Gasteiger partial charge is 0.257 e. The predicted molar refractivity (Wildman–Crippen MR) is 172 cm³/mol. The number of anilines is 1. The van der Waals surface area contributed by atoms with Crippen LogP contribution in [0.5, 0.6) is 0 Å². The van der Waals surface area contributed by atoms with Crippen molar-refractivity contribution in [1.82, 2.24) is 14.1 Å². The van der Waals surface area contributed by atoms with Gasteiger partial charge in [-0.15, -0.1) is 11.3 Å². The first-order valence-electron chi connectivity index (χ1n) is 15.4. The van der Waals surface area contributed by atoms with Gasteiger partial charge in [-0.1, -0.05) is 50.6 Å². The number of nitrogens with zero attached hydrogens (tertiary/aromatic N) is 3. The van der Waals surface area contributed by atoms with Gasteiger partial charge >= 0.3 is 0 Å². The Morgan fingerprint density at radius 2 is 1.58 bits per heavy atom. The van der Waals surface area contributed by atoms with Crippen molar-refractivity contribution in [3.8, 4) is 0 Å². The largest absolute Gasteiger partial charge is 0.339 e. The Hall–Kier alpha value is -3.05. The molecule has 3 aromatic rings. The molecule has 2 aromatic carbocycles. The van der Waals surface area contributed by atoms with Crippen molar-refractivity contribution in [1.29, 1.82) is 0 Å². The maximum absolute atomic E-state index is 14.0. The minimum absolute atomic E-state index is 0.0315. The summed E-state index contributed by atoms with van der Waals surface area (Å²) in [6, 6.07) is 16.5. The number of carbonyl (C=O) groups is 2. The Morgan fingerprint density at radius 1 is 0.907 bits per heavy atom. The van der Waals surface area contributed by atoms with Crippen molar-refractivity contribution in [3.05, 3.63) is 81.7 Å². The minimum Gasteiger partial charge on any atom is -0.339 e. The van der Waals surface area contributed by atoms with Gasteiger partial charge in [0.15, 0.2) is 0 Å². The molecule has 1 aromatic heterocycles. The van der Waals surface area contributed by atoms with Crippen LogP contribution in [0.1, 0.15) is 82.7 Å². The van der Waals surface area contributed by atoms with Crippen LogP contribution in [0.25, 0.3) is 0 Å². The summed E-state index contributed by atoms with van der Waals surface area (Å²) in [5.74, 6) is -0.385. The summed E-state index contributed by atoms with van der Waals surface area (Å²) >= 11 is 1.48. The minimum atomic E-state index is -3.58. The van der Waals surface area contributed by atoms with E-state index in [2.05, 4.69) is 36.2 Å². The first kappa shape index (κ1) is 31.4. The zero-order valence-electron chi connectivity index (χ0n) is 25.2. The maximum Gasteiger partial charge on any atom is 0.257 e. The second kappa shape index (κ2) is 14.2. The number of sulfonamides is 1. The fourth-order valence-electron chi connectivity index (χ4n) is 5.97. The summed E-state index contributed by atoms with van der Waals surface area (Å²) in [5.41, 5.74) is 3.25. The lowest BCUT2D eigenvalue weighted by atomic mass is 10.0. The molecule has 230 valence electrons. The standard InChI is InChI=1S/C33H42N4O4S2/c1-3-18-36(19-4-2)33(39)30-28-17-22-35(23-25-11-7-5-8-12-25)24-29(28)42-32(30)34-31(38)26-13-15-27(16-14-26)43(40,41)37-20-9-6-10-21-37/h5,7-8,11-16H,3-4,6,9-10,17-24H2,1-2H3,(H,34,38). The summed E-state index contributed by atoms with van der Waals surface area (Å²) in [4.78, 5) is 33.0. The number of amides is 2. The molecule has 2 amide bonds. The number of rotatable bonds is 11. The Bertz CT molecular complexity index is 1510. The molecule has 0 atom stereocenters. The lowest BCUT2D eigenvalue weighted by molar-refractivity contribution is 0.0755. The Kier molecular flexibility index (Phi) is 10.3. The van der Waals surface area contributed by atoms with Crippen molar-refractivity contribution in [2.24, 2.45) is 0 Å². The first-order valence-corrected chi connectivity index (χ1v) is 17.7. The van der Waals surface area contributed by atoms with Gasteiger partial charge in [-0.2, -0.15) is 4.31 Å². The average molecular weight is 623 g/mol. The first-order chi connectivity index (χ1) is 20.8. The molecule has 43 heavy (non-hydrogen) atoms. The predicted octanol–water partition coefficient (Wildman–Crippen LogP) is 6.00. The van der Waals surface area contributed by atoms with Gasteiger partial charge in [-0.05, 0) is 67.5 Å². The number of thiophene rings is 1. The SMILES string of the molecule is CCCN(CCC)C(=O)c1c(NC(=O)c2ccc(S(=O)(=O)N3CCCCC3)cc2)sc2c1CCN(Cc1ccccc1)C2. The molecule has 1 fully saturated rings. The van der Waals surface area contributed by atoms with E-state index in [4.69, 9.17) is 0 Å². The lowest BCUT2D eigenvalue weighted by Gasteiger charge is -2.28. The fourth-order valence-corrected chi connectivity index (χ4v) is 8.76. The van der Waals surface area contributed by atoms with E-state index in [1.54, 1.807) is 12.1 Å². The van der Waals surface area contributed by atoms with E-state index in [1.807, 2.05) is 23.1 Å². The number of nitrogens with one attached hydrogen (secondary N) is 1. The molecule has 2 aliphatic heterocycles. The van der Waals surface area contributed by atoms with Crippen LogP contribution in [0.2, 0.25) is 0 Å². The zero-order chi connectivity index (χ0) is 30.4. The fraction of sp³-hybridized carbons (Fsp3) is 0.455. The third-order valence-corrected chi connectivity index (χ3v) is 11.2. The highest BCUT2D eigenvalue weighted by atomic mass is 32.2. The third kappa shape index (κ3) is 7.20. The summed E-state index contributed by atoms with van der Waals surface area (Å²) in [6.45, 7) is 8.90. The number of hydrogen-bond donors (Lipinski definition) is 1. The molecule has 0 radical (unpaired) electrons.